The molecule has 1 atom stereocenters. The second kappa shape index (κ2) is 7.65. The van der Waals surface area contributed by atoms with Gasteiger partial charge in [0.1, 0.15) is 0 Å². The maximum atomic E-state index is 11.9. The van der Waals surface area contributed by atoms with E-state index in [2.05, 4.69) is 11.9 Å². The van der Waals surface area contributed by atoms with E-state index in [4.69, 9.17) is 23.2 Å². The fourth-order valence-electron chi connectivity index (χ4n) is 3.38. The van der Waals surface area contributed by atoms with Crippen LogP contribution in [0.25, 0.3) is 11.1 Å². The maximum Gasteiger partial charge on any atom is 0.411 e. The molecule has 0 aliphatic carbocycles. The van der Waals surface area contributed by atoms with Gasteiger partial charge in [-0.2, -0.15) is 0 Å². The Bertz CT molecular complexity index is 762. The third-order valence-corrected chi connectivity index (χ3v) is 4.97. The average molecular weight is 379 g/mol. The van der Waals surface area contributed by atoms with Gasteiger partial charge < -0.3 is 10.0 Å². The molecule has 3 rings (SSSR count). The van der Waals surface area contributed by atoms with Crippen LogP contribution in [0.2, 0.25) is 10.0 Å². The molecular weight excluding hydrogens is 359 g/mol. The second-order valence-corrected chi connectivity index (χ2v) is 7.36. The summed E-state index contributed by atoms with van der Waals surface area (Å²) in [6.45, 7) is 2.39. The van der Waals surface area contributed by atoms with E-state index in [0.29, 0.717) is 28.2 Å². The van der Waals surface area contributed by atoms with E-state index in [0.717, 1.165) is 30.6 Å². The Labute approximate surface area is 157 Å². The maximum absolute atomic E-state index is 11.9. The highest BCUT2D eigenvalue weighted by molar-refractivity contribution is 6.35. The SMILES string of the molecule is CN1CC[C@H](CN(C(=O)O)c2ccccc2-c2cc(Cl)cc(Cl)c2)C1. The minimum absolute atomic E-state index is 0.331. The van der Waals surface area contributed by atoms with E-state index in [1.807, 2.05) is 24.3 Å². The molecule has 1 amide bonds. The summed E-state index contributed by atoms with van der Waals surface area (Å²) in [7, 11) is 2.06. The summed E-state index contributed by atoms with van der Waals surface area (Å²) >= 11 is 12.3. The highest BCUT2D eigenvalue weighted by atomic mass is 35.5. The predicted molar refractivity (Wildman–Crippen MR) is 103 cm³/mol. The normalized spacial score (nSPS) is 17.6. The number of anilines is 1. The van der Waals surface area contributed by atoms with Gasteiger partial charge in [0.2, 0.25) is 0 Å². The summed E-state index contributed by atoms with van der Waals surface area (Å²) in [5, 5.41) is 10.8. The van der Waals surface area contributed by atoms with Crippen molar-refractivity contribution in [2.75, 3.05) is 31.6 Å². The lowest BCUT2D eigenvalue weighted by Crippen LogP contribution is -2.35. The molecule has 0 saturated carbocycles. The molecule has 1 N–H and O–H groups in total. The van der Waals surface area contributed by atoms with Gasteiger partial charge in [-0.1, -0.05) is 41.4 Å². The summed E-state index contributed by atoms with van der Waals surface area (Å²) in [6, 6.07) is 12.7. The molecule has 0 aromatic heterocycles. The van der Waals surface area contributed by atoms with E-state index >= 15 is 0 Å². The van der Waals surface area contributed by atoms with Crippen LogP contribution in [-0.2, 0) is 0 Å². The van der Waals surface area contributed by atoms with Gasteiger partial charge in [-0.3, -0.25) is 4.90 Å². The number of carboxylic acid groups (broad SMARTS) is 1. The van der Waals surface area contributed by atoms with E-state index in [-0.39, 0.29) is 0 Å². The van der Waals surface area contributed by atoms with Gasteiger partial charge in [0.25, 0.3) is 0 Å². The van der Waals surface area contributed by atoms with Gasteiger partial charge in [-0.15, -0.1) is 0 Å². The molecule has 6 heteroatoms. The van der Waals surface area contributed by atoms with Crippen molar-refractivity contribution in [1.82, 2.24) is 4.90 Å². The lowest BCUT2D eigenvalue weighted by atomic mass is 10.0. The minimum Gasteiger partial charge on any atom is -0.465 e. The quantitative estimate of drug-likeness (QED) is 0.804. The highest BCUT2D eigenvalue weighted by Gasteiger charge is 2.26. The van der Waals surface area contributed by atoms with Crippen molar-refractivity contribution in [3.8, 4) is 11.1 Å². The first kappa shape index (κ1) is 18.1. The summed E-state index contributed by atoms with van der Waals surface area (Å²) in [4.78, 5) is 15.6. The van der Waals surface area contributed by atoms with Crippen molar-refractivity contribution in [3.63, 3.8) is 0 Å². The Morgan fingerprint density at radius 1 is 1.24 bits per heavy atom. The molecule has 1 aliphatic heterocycles. The Morgan fingerprint density at radius 2 is 1.92 bits per heavy atom. The molecule has 0 bridgehead atoms. The van der Waals surface area contributed by atoms with Crippen LogP contribution in [0.3, 0.4) is 0 Å². The number of carbonyl (C=O) groups is 1. The second-order valence-electron chi connectivity index (χ2n) is 6.49. The van der Waals surface area contributed by atoms with Gasteiger partial charge >= 0.3 is 6.09 Å². The topological polar surface area (TPSA) is 43.8 Å². The fraction of sp³-hybridized carbons (Fsp3) is 0.316. The number of amides is 1. The Morgan fingerprint density at radius 3 is 2.52 bits per heavy atom. The zero-order valence-electron chi connectivity index (χ0n) is 14.0. The minimum atomic E-state index is -0.949. The molecule has 0 radical (unpaired) electrons. The largest absolute Gasteiger partial charge is 0.465 e. The van der Waals surface area contributed by atoms with E-state index in [1.54, 1.807) is 18.2 Å². The van der Waals surface area contributed by atoms with E-state index in [9.17, 15) is 9.90 Å². The summed E-state index contributed by atoms with van der Waals surface area (Å²) < 4.78 is 0. The van der Waals surface area contributed by atoms with Crippen molar-refractivity contribution < 1.29 is 9.90 Å². The number of para-hydroxylation sites is 1. The van der Waals surface area contributed by atoms with Crippen molar-refractivity contribution in [2.24, 2.45) is 5.92 Å². The van der Waals surface area contributed by atoms with Gasteiger partial charge in [0.15, 0.2) is 0 Å². The van der Waals surface area contributed by atoms with E-state index in [1.165, 1.54) is 4.90 Å². The highest BCUT2D eigenvalue weighted by Crippen LogP contribution is 2.35. The standard InChI is InChI=1S/C19H20Cl2N2O2/c1-22-7-6-13(11-22)12-23(19(24)25)18-5-3-2-4-17(18)14-8-15(20)10-16(21)9-14/h2-5,8-10,13H,6-7,11-12H2,1H3,(H,24,25)/t13-/m0/s1. The molecule has 1 fully saturated rings. The van der Waals surface area contributed by atoms with Crippen LogP contribution in [-0.4, -0.2) is 42.8 Å². The van der Waals surface area contributed by atoms with Gasteiger partial charge in [0.05, 0.1) is 5.69 Å². The number of hydrogen-bond acceptors (Lipinski definition) is 2. The number of nitrogens with zero attached hydrogens (tertiary/aromatic N) is 2. The molecule has 2 aromatic rings. The van der Waals surface area contributed by atoms with Crippen molar-refractivity contribution in [3.05, 3.63) is 52.5 Å². The lowest BCUT2D eigenvalue weighted by molar-refractivity contribution is 0.200. The van der Waals surface area contributed by atoms with Gasteiger partial charge in [-0.25, -0.2) is 4.79 Å². The smallest absolute Gasteiger partial charge is 0.411 e. The van der Waals surface area contributed by atoms with Crippen molar-refractivity contribution >= 4 is 35.0 Å². The zero-order chi connectivity index (χ0) is 18.0. The lowest BCUT2D eigenvalue weighted by Gasteiger charge is -2.25. The third kappa shape index (κ3) is 4.27. The van der Waals surface area contributed by atoms with Gasteiger partial charge in [-0.05, 0) is 55.8 Å². The molecule has 0 spiro atoms. The van der Waals surface area contributed by atoms with Crippen LogP contribution in [0, 0.1) is 5.92 Å². The summed E-state index contributed by atoms with van der Waals surface area (Å²) in [6.07, 6.45) is 0.0564. The summed E-state index contributed by atoms with van der Waals surface area (Å²) in [5.74, 6) is 0.331. The van der Waals surface area contributed by atoms with Crippen LogP contribution in [0.1, 0.15) is 6.42 Å². The first-order chi connectivity index (χ1) is 11.9. The van der Waals surface area contributed by atoms with Crippen LogP contribution in [0.15, 0.2) is 42.5 Å². The average Bonchev–Trinajstić information content (AvgIpc) is 2.97. The molecule has 1 aliphatic rings. The Balaban J connectivity index is 1.98. The van der Waals surface area contributed by atoms with E-state index < -0.39 is 6.09 Å². The van der Waals surface area contributed by atoms with Crippen molar-refractivity contribution in [1.29, 1.82) is 0 Å². The Kier molecular flexibility index (Phi) is 5.52. The number of hydrogen-bond donors (Lipinski definition) is 1. The molecule has 0 unspecified atom stereocenters. The Hall–Kier alpha value is -1.75. The van der Waals surface area contributed by atoms with Crippen LogP contribution < -0.4 is 4.90 Å². The fourth-order valence-corrected chi connectivity index (χ4v) is 3.90. The molecule has 2 aromatic carbocycles. The first-order valence-corrected chi connectivity index (χ1v) is 8.94. The number of rotatable bonds is 4. The van der Waals surface area contributed by atoms with Crippen LogP contribution >= 0.6 is 23.2 Å². The van der Waals surface area contributed by atoms with Crippen LogP contribution in [0.5, 0.6) is 0 Å². The summed E-state index contributed by atoms with van der Waals surface area (Å²) in [5.41, 5.74) is 2.27. The van der Waals surface area contributed by atoms with Crippen LogP contribution in [0.4, 0.5) is 10.5 Å². The molecule has 1 saturated heterocycles. The number of benzene rings is 2. The number of halogens is 2. The predicted octanol–water partition coefficient (Wildman–Crippen LogP) is 5.10. The monoisotopic (exact) mass is 378 g/mol. The molecular formula is C19H20Cl2N2O2. The third-order valence-electron chi connectivity index (χ3n) is 4.53. The number of likely N-dealkylation sites (tertiary alicyclic amines) is 1. The molecule has 132 valence electrons. The molecule has 4 nitrogen and oxygen atoms in total. The molecule has 25 heavy (non-hydrogen) atoms. The van der Waals surface area contributed by atoms with Gasteiger partial charge in [0, 0.05) is 28.7 Å². The van der Waals surface area contributed by atoms with Crippen molar-refractivity contribution in [2.45, 2.75) is 6.42 Å². The molecule has 1 heterocycles. The first-order valence-electron chi connectivity index (χ1n) is 8.18. The zero-order valence-corrected chi connectivity index (χ0v) is 15.5.